The van der Waals surface area contributed by atoms with E-state index in [2.05, 4.69) is 43.0 Å². The predicted molar refractivity (Wildman–Crippen MR) is 70.5 cm³/mol. The Kier molecular flexibility index (Phi) is 4.73. The lowest BCUT2D eigenvalue weighted by Gasteiger charge is -2.25. The molecule has 0 aromatic carbocycles. The van der Waals surface area contributed by atoms with Crippen molar-refractivity contribution in [2.45, 2.75) is 53.1 Å². The Balaban J connectivity index is 2.86. The molecule has 0 aliphatic carbocycles. The lowest BCUT2D eigenvalue weighted by Crippen LogP contribution is -2.27. The molecule has 0 unspecified atom stereocenters. The van der Waals surface area contributed by atoms with E-state index in [9.17, 15) is 0 Å². The number of anilines is 1. The molecule has 0 spiro atoms. The summed E-state index contributed by atoms with van der Waals surface area (Å²) in [5.74, 6) is 1.54. The standard InChI is InChI=1S/C13H23N3O/c1-6-8-14-11-10(3)12(16-9-15-11)17-13(4,5)7-2/h9H,6-8H2,1-5H3,(H,14,15,16). The lowest BCUT2D eigenvalue weighted by atomic mass is 10.1. The van der Waals surface area contributed by atoms with E-state index in [-0.39, 0.29) is 5.60 Å². The first kappa shape index (κ1) is 13.7. The monoisotopic (exact) mass is 237 g/mol. The van der Waals surface area contributed by atoms with E-state index in [1.54, 1.807) is 6.33 Å². The quantitative estimate of drug-likeness (QED) is 0.825. The number of nitrogens with one attached hydrogen (secondary N) is 1. The summed E-state index contributed by atoms with van der Waals surface area (Å²) in [5.41, 5.74) is 0.781. The minimum Gasteiger partial charge on any atom is -0.471 e. The van der Waals surface area contributed by atoms with E-state index in [1.807, 2.05) is 6.92 Å². The molecule has 0 atom stereocenters. The van der Waals surface area contributed by atoms with E-state index in [4.69, 9.17) is 4.74 Å². The molecule has 1 heterocycles. The summed E-state index contributed by atoms with van der Waals surface area (Å²) >= 11 is 0. The minimum absolute atomic E-state index is 0.193. The molecular formula is C13H23N3O. The van der Waals surface area contributed by atoms with Crippen molar-refractivity contribution in [2.75, 3.05) is 11.9 Å². The first-order chi connectivity index (χ1) is 8.00. The average molecular weight is 237 g/mol. The van der Waals surface area contributed by atoms with Gasteiger partial charge in [-0.2, -0.15) is 0 Å². The number of hydrogen-bond donors (Lipinski definition) is 1. The minimum atomic E-state index is -0.193. The van der Waals surface area contributed by atoms with Crippen molar-refractivity contribution in [3.05, 3.63) is 11.9 Å². The Hall–Kier alpha value is -1.32. The molecule has 1 aromatic rings. The van der Waals surface area contributed by atoms with Crippen LogP contribution in [-0.2, 0) is 0 Å². The second-order valence-electron chi connectivity index (χ2n) is 4.79. The number of rotatable bonds is 6. The summed E-state index contributed by atoms with van der Waals surface area (Å²) in [6, 6.07) is 0. The highest BCUT2D eigenvalue weighted by atomic mass is 16.5. The topological polar surface area (TPSA) is 47.0 Å². The maximum Gasteiger partial charge on any atom is 0.222 e. The molecule has 0 aliphatic heterocycles. The van der Waals surface area contributed by atoms with Crippen LogP contribution >= 0.6 is 0 Å². The highest BCUT2D eigenvalue weighted by Crippen LogP contribution is 2.25. The predicted octanol–water partition coefficient (Wildman–Crippen LogP) is 3.17. The molecular weight excluding hydrogens is 214 g/mol. The van der Waals surface area contributed by atoms with Gasteiger partial charge >= 0.3 is 0 Å². The van der Waals surface area contributed by atoms with E-state index in [1.165, 1.54) is 0 Å². The van der Waals surface area contributed by atoms with Gasteiger partial charge in [0.1, 0.15) is 17.7 Å². The molecule has 0 saturated carbocycles. The van der Waals surface area contributed by atoms with Crippen LogP contribution in [0.3, 0.4) is 0 Å². The Morgan fingerprint density at radius 2 is 2.00 bits per heavy atom. The van der Waals surface area contributed by atoms with Crippen molar-refractivity contribution in [1.82, 2.24) is 9.97 Å². The van der Waals surface area contributed by atoms with Crippen LogP contribution in [0.2, 0.25) is 0 Å². The van der Waals surface area contributed by atoms with Crippen LogP contribution in [0.5, 0.6) is 5.88 Å². The molecule has 17 heavy (non-hydrogen) atoms. The van der Waals surface area contributed by atoms with Crippen LogP contribution < -0.4 is 10.1 Å². The summed E-state index contributed by atoms with van der Waals surface area (Å²) in [6.45, 7) is 11.3. The summed E-state index contributed by atoms with van der Waals surface area (Å²) < 4.78 is 5.91. The first-order valence-electron chi connectivity index (χ1n) is 6.24. The Morgan fingerprint density at radius 3 is 2.59 bits per heavy atom. The van der Waals surface area contributed by atoms with Gasteiger partial charge < -0.3 is 10.1 Å². The lowest BCUT2D eigenvalue weighted by molar-refractivity contribution is 0.0979. The van der Waals surface area contributed by atoms with Crippen LogP contribution in [0, 0.1) is 6.92 Å². The van der Waals surface area contributed by atoms with Crippen molar-refractivity contribution in [2.24, 2.45) is 0 Å². The zero-order valence-electron chi connectivity index (χ0n) is 11.5. The Morgan fingerprint density at radius 1 is 1.29 bits per heavy atom. The third-order valence-corrected chi connectivity index (χ3v) is 2.80. The number of aromatic nitrogens is 2. The van der Waals surface area contributed by atoms with E-state index in [0.29, 0.717) is 5.88 Å². The van der Waals surface area contributed by atoms with Gasteiger partial charge in [-0.1, -0.05) is 13.8 Å². The van der Waals surface area contributed by atoms with Gasteiger partial charge in [-0.25, -0.2) is 9.97 Å². The highest BCUT2D eigenvalue weighted by Gasteiger charge is 2.19. The van der Waals surface area contributed by atoms with Crippen molar-refractivity contribution < 1.29 is 4.74 Å². The van der Waals surface area contributed by atoms with Crippen molar-refractivity contribution in [3.8, 4) is 5.88 Å². The second kappa shape index (κ2) is 5.84. The average Bonchev–Trinajstić information content (AvgIpc) is 2.30. The number of hydrogen-bond acceptors (Lipinski definition) is 4. The van der Waals surface area contributed by atoms with Gasteiger partial charge in [-0.3, -0.25) is 0 Å². The van der Waals surface area contributed by atoms with Gasteiger partial charge in [0.25, 0.3) is 0 Å². The van der Waals surface area contributed by atoms with Crippen LogP contribution in [0.25, 0.3) is 0 Å². The summed E-state index contributed by atoms with van der Waals surface area (Å²) in [7, 11) is 0. The molecule has 1 aromatic heterocycles. The molecule has 0 fully saturated rings. The van der Waals surface area contributed by atoms with E-state index >= 15 is 0 Å². The molecule has 0 radical (unpaired) electrons. The normalized spacial score (nSPS) is 11.4. The number of ether oxygens (including phenoxy) is 1. The summed E-state index contributed by atoms with van der Waals surface area (Å²) in [4.78, 5) is 8.44. The molecule has 0 aliphatic rings. The smallest absolute Gasteiger partial charge is 0.222 e. The first-order valence-corrected chi connectivity index (χ1v) is 6.24. The largest absolute Gasteiger partial charge is 0.471 e. The Labute approximate surface area is 104 Å². The van der Waals surface area contributed by atoms with Crippen LogP contribution in [0.1, 0.15) is 46.1 Å². The molecule has 1 N–H and O–H groups in total. The molecule has 0 saturated heterocycles. The van der Waals surface area contributed by atoms with Gasteiger partial charge in [0, 0.05) is 6.54 Å². The third kappa shape index (κ3) is 3.88. The van der Waals surface area contributed by atoms with Gasteiger partial charge in [-0.15, -0.1) is 0 Å². The number of nitrogens with zero attached hydrogens (tertiary/aromatic N) is 2. The van der Waals surface area contributed by atoms with Crippen LogP contribution in [0.15, 0.2) is 6.33 Å². The van der Waals surface area contributed by atoms with Gasteiger partial charge in [-0.05, 0) is 33.6 Å². The summed E-state index contributed by atoms with van der Waals surface area (Å²) in [5, 5.41) is 3.28. The molecule has 0 bridgehead atoms. The maximum atomic E-state index is 5.91. The molecule has 1 rings (SSSR count). The second-order valence-corrected chi connectivity index (χ2v) is 4.79. The van der Waals surface area contributed by atoms with Gasteiger partial charge in [0.15, 0.2) is 0 Å². The zero-order valence-corrected chi connectivity index (χ0v) is 11.5. The fourth-order valence-corrected chi connectivity index (χ4v) is 1.29. The van der Waals surface area contributed by atoms with Crippen LogP contribution in [-0.4, -0.2) is 22.1 Å². The Bertz CT molecular complexity index is 364. The van der Waals surface area contributed by atoms with Gasteiger partial charge in [0.2, 0.25) is 5.88 Å². The maximum absolute atomic E-state index is 5.91. The van der Waals surface area contributed by atoms with Crippen molar-refractivity contribution >= 4 is 5.82 Å². The fourth-order valence-electron chi connectivity index (χ4n) is 1.29. The summed E-state index contributed by atoms with van der Waals surface area (Å²) in [6.07, 6.45) is 3.56. The SMILES string of the molecule is CCCNc1ncnc(OC(C)(C)CC)c1C. The van der Waals surface area contributed by atoms with Gasteiger partial charge in [0.05, 0.1) is 5.56 Å². The highest BCUT2D eigenvalue weighted by molar-refractivity contribution is 5.47. The van der Waals surface area contributed by atoms with E-state index < -0.39 is 0 Å². The molecule has 4 nitrogen and oxygen atoms in total. The van der Waals surface area contributed by atoms with Crippen LogP contribution in [0.4, 0.5) is 5.82 Å². The van der Waals surface area contributed by atoms with Crippen molar-refractivity contribution in [3.63, 3.8) is 0 Å². The molecule has 0 amide bonds. The van der Waals surface area contributed by atoms with E-state index in [0.717, 1.165) is 30.8 Å². The molecule has 96 valence electrons. The van der Waals surface area contributed by atoms with Crippen molar-refractivity contribution in [1.29, 1.82) is 0 Å². The fraction of sp³-hybridized carbons (Fsp3) is 0.692. The molecule has 4 heteroatoms. The third-order valence-electron chi connectivity index (χ3n) is 2.80. The zero-order chi connectivity index (χ0) is 12.9.